The molecule has 6 nitrogen and oxygen atoms in total. The first-order chi connectivity index (χ1) is 11.1. The van der Waals surface area contributed by atoms with Crippen LogP contribution in [-0.4, -0.2) is 25.4 Å². The van der Waals surface area contributed by atoms with Gasteiger partial charge in [0.25, 0.3) is 10.0 Å². The molecule has 0 radical (unpaired) electrons. The van der Waals surface area contributed by atoms with Crippen molar-refractivity contribution in [2.24, 2.45) is 0 Å². The third-order valence-electron chi connectivity index (χ3n) is 3.02. The summed E-state index contributed by atoms with van der Waals surface area (Å²) in [6.07, 6.45) is 0. The van der Waals surface area contributed by atoms with Gasteiger partial charge < -0.3 is 5.11 Å². The lowest BCUT2D eigenvalue weighted by Crippen LogP contribution is -2.29. The van der Waals surface area contributed by atoms with Gasteiger partial charge in [0.1, 0.15) is 16.5 Å². The summed E-state index contributed by atoms with van der Waals surface area (Å²) < 4.78 is 52.8. The van der Waals surface area contributed by atoms with Crippen LogP contribution in [0.5, 0.6) is 0 Å². The number of sulfonamides is 1. The van der Waals surface area contributed by atoms with E-state index in [1.165, 1.54) is 6.07 Å². The molecule has 0 aromatic heterocycles. The predicted octanol–water partition coefficient (Wildman–Crippen LogP) is 2.15. The number of amides is 1. The Morgan fingerprint density at radius 1 is 1.08 bits per heavy atom. The summed E-state index contributed by atoms with van der Waals surface area (Å²) in [5.74, 6) is -4.21. The number of carbonyl (C=O) groups is 2. The molecular formula is C15H11F2NO5S. The van der Waals surface area contributed by atoms with Gasteiger partial charge in [-0.1, -0.05) is 6.07 Å². The molecule has 126 valence electrons. The zero-order valence-corrected chi connectivity index (χ0v) is 13.0. The third kappa shape index (κ3) is 3.57. The molecule has 0 unspecified atom stereocenters. The van der Waals surface area contributed by atoms with E-state index in [-0.39, 0.29) is 11.1 Å². The molecule has 0 fully saturated rings. The minimum atomic E-state index is -4.46. The second-order valence-corrected chi connectivity index (χ2v) is 6.45. The average Bonchev–Trinajstić information content (AvgIpc) is 2.45. The fourth-order valence-electron chi connectivity index (χ4n) is 2.06. The minimum absolute atomic E-state index is 0.0152. The van der Waals surface area contributed by atoms with Crippen molar-refractivity contribution < 1.29 is 31.9 Å². The number of nitrogens with one attached hydrogen (secondary N) is 1. The first kappa shape index (κ1) is 17.5. The van der Waals surface area contributed by atoms with Gasteiger partial charge in [-0.05, 0) is 29.8 Å². The molecule has 2 N–H and O–H groups in total. The fraction of sp³-hybridized carbons (Fsp3) is 0.0667. The van der Waals surface area contributed by atoms with Crippen LogP contribution in [0.3, 0.4) is 0 Å². The molecule has 2 aromatic carbocycles. The van der Waals surface area contributed by atoms with E-state index in [2.05, 4.69) is 0 Å². The van der Waals surface area contributed by atoms with Crippen molar-refractivity contribution in [1.82, 2.24) is 4.72 Å². The van der Waals surface area contributed by atoms with Crippen molar-refractivity contribution in [2.75, 3.05) is 0 Å². The molecule has 1 amide bonds. The molecule has 0 saturated heterocycles. The molecule has 24 heavy (non-hydrogen) atoms. The molecule has 0 saturated carbocycles. The topological polar surface area (TPSA) is 101 Å². The largest absolute Gasteiger partial charge is 0.478 e. The van der Waals surface area contributed by atoms with E-state index in [0.717, 1.165) is 31.2 Å². The highest BCUT2D eigenvalue weighted by Gasteiger charge is 2.24. The molecule has 0 heterocycles. The van der Waals surface area contributed by atoms with Gasteiger partial charge in [0.15, 0.2) is 0 Å². The third-order valence-corrected chi connectivity index (χ3v) is 4.49. The molecule has 0 bridgehead atoms. The summed E-state index contributed by atoms with van der Waals surface area (Å²) in [5, 5.41) is 9.11. The molecule has 9 heteroatoms. The van der Waals surface area contributed by atoms with Crippen LogP contribution in [0.4, 0.5) is 8.78 Å². The zero-order chi connectivity index (χ0) is 18.1. The number of carboxylic acid groups (broad SMARTS) is 1. The Bertz CT molecular complexity index is 941. The van der Waals surface area contributed by atoms with E-state index in [9.17, 15) is 26.8 Å². The predicted molar refractivity (Wildman–Crippen MR) is 79.8 cm³/mol. The molecule has 0 spiro atoms. The fourth-order valence-corrected chi connectivity index (χ4v) is 3.27. The monoisotopic (exact) mass is 355 g/mol. The lowest BCUT2D eigenvalue weighted by atomic mass is 10.0. The number of benzene rings is 2. The van der Waals surface area contributed by atoms with Crippen molar-refractivity contribution >= 4 is 21.9 Å². The van der Waals surface area contributed by atoms with Crippen molar-refractivity contribution in [1.29, 1.82) is 0 Å². The first-order valence-electron chi connectivity index (χ1n) is 6.48. The Morgan fingerprint density at radius 3 is 2.29 bits per heavy atom. The standard InChI is InChI=1S/C15H11F2NO5S/c1-8(19)18-24(22,23)14-6-9(2-4-12(14)15(20)21)11-5-3-10(16)7-13(11)17/h2-7H,1H3,(H,18,19)(H,20,21). The van der Waals surface area contributed by atoms with E-state index in [1.807, 2.05) is 0 Å². The first-order valence-corrected chi connectivity index (χ1v) is 7.96. The van der Waals surface area contributed by atoms with Crippen molar-refractivity contribution in [3.8, 4) is 11.1 Å². The summed E-state index contributed by atoms with van der Waals surface area (Å²) >= 11 is 0. The van der Waals surface area contributed by atoms with E-state index >= 15 is 0 Å². The Hall–Kier alpha value is -2.81. The van der Waals surface area contributed by atoms with Gasteiger partial charge in [0.2, 0.25) is 5.91 Å². The summed E-state index contributed by atoms with van der Waals surface area (Å²) in [4.78, 5) is 21.5. The van der Waals surface area contributed by atoms with Crippen LogP contribution in [-0.2, 0) is 14.8 Å². The summed E-state index contributed by atoms with van der Waals surface area (Å²) in [6.45, 7) is 0.946. The van der Waals surface area contributed by atoms with E-state index in [0.29, 0.717) is 6.07 Å². The Balaban J connectivity index is 2.69. The zero-order valence-electron chi connectivity index (χ0n) is 12.2. The normalized spacial score (nSPS) is 11.1. The number of carbonyl (C=O) groups excluding carboxylic acids is 1. The summed E-state index contributed by atoms with van der Waals surface area (Å²) in [6, 6.07) is 5.75. The maximum atomic E-state index is 13.9. The van der Waals surface area contributed by atoms with Crippen LogP contribution in [0.15, 0.2) is 41.3 Å². The number of hydrogen-bond acceptors (Lipinski definition) is 4. The van der Waals surface area contributed by atoms with Crippen molar-refractivity contribution in [3.63, 3.8) is 0 Å². The second-order valence-electron chi connectivity index (χ2n) is 4.80. The van der Waals surface area contributed by atoms with E-state index in [4.69, 9.17) is 5.11 Å². The number of aromatic carboxylic acids is 1. The molecule has 2 aromatic rings. The van der Waals surface area contributed by atoms with Gasteiger partial charge >= 0.3 is 5.97 Å². The lowest BCUT2D eigenvalue weighted by Gasteiger charge is -2.11. The van der Waals surface area contributed by atoms with Gasteiger partial charge in [-0.15, -0.1) is 0 Å². The quantitative estimate of drug-likeness (QED) is 0.875. The molecule has 0 aliphatic carbocycles. The molecule has 0 atom stereocenters. The van der Waals surface area contributed by atoms with Gasteiger partial charge in [-0.25, -0.2) is 26.7 Å². The van der Waals surface area contributed by atoms with Crippen LogP contribution >= 0.6 is 0 Å². The Labute approximate surface area is 135 Å². The van der Waals surface area contributed by atoms with E-state index < -0.39 is 44.0 Å². The van der Waals surface area contributed by atoms with Crippen molar-refractivity contribution in [3.05, 3.63) is 53.6 Å². The number of halogens is 2. The van der Waals surface area contributed by atoms with Crippen LogP contribution in [0, 0.1) is 11.6 Å². The molecule has 0 aliphatic heterocycles. The van der Waals surface area contributed by atoms with Crippen molar-refractivity contribution in [2.45, 2.75) is 11.8 Å². The maximum Gasteiger partial charge on any atom is 0.337 e. The summed E-state index contributed by atoms with van der Waals surface area (Å²) in [5.41, 5.74) is -0.691. The Morgan fingerprint density at radius 2 is 1.75 bits per heavy atom. The van der Waals surface area contributed by atoms with Gasteiger partial charge in [0.05, 0.1) is 5.56 Å². The summed E-state index contributed by atoms with van der Waals surface area (Å²) in [7, 11) is -4.46. The molecule has 0 aliphatic rings. The van der Waals surface area contributed by atoms with Crippen LogP contribution < -0.4 is 4.72 Å². The minimum Gasteiger partial charge on any atom is -0.478 e. The van der Waals surface area contributed by atoms with Crippen LogP contribution in [0.2, 0.25) is 0 Å². The highest BCUT2D eigenvalue weighted by Crippen LogP contribution is 2.28. The van der Waals surface area contributed by atoms with Gasteiger partial charge in [-0.3, -0.25) is 4.79 Å². The Kier molecular flexibility index (Phi) is 4.65. The average molecular weight is 355 g/mol. The molecule has 2 rings (SSSR count). The second kappa shape index (κ2) is 6.36. The maximum absolute atomic E-state index is 13.9. The lowest BCUT2D eigenvalue weighted by molar-refractivity contribution is -0.117. The number of hydrogen-bond donors (Lipinski definition) is 2. The SMILES string of the molecule is CC(=O)NS(=O)(=O)c1cc(-c2ccc(F)cc2F)ccc1C(=O)O. The number of carboxylic acids is 1. The number of rotatable bonds is 4. The highest BCUT2D eigenvalue weighted by atomic mass is 32.2. The highest BCUT2D eigenvalue weighted by molar-refractivity contribution is 7.90. The van der Waals surface area contributed by atoms with Gasteiger partial charge in [0, 0.05) is 18.6 Å². The van der Waals surface area contributed by atoms with E-state index in [1.54, 1.807) is 4.72 Å². The van der Waals surface area contributed by atoms with Crippen LogP contribution in [0.25, 0.3) is 11.1 Å². The van der Waals surface area contributed by atoms with Gasteiger partial charge in [-0.2, -0.15) is 0 Å². The smallest absolute Gasteiger partial charge is 0.337 e. The molecular weight excluding hydrogens is 344 g/mol. The van der Waals surface area contributed by atoms with Crippen LogP contribution in [0.1, 0.15) is 17.3 Å².